The molecule has 18 heavy (non-hydrogen) atoms. The van der Waals surface area contributed by atoms with E-state index in [9.17, 15) is 18.0 Å². The van der Waals surface area contributed by atoms with Gasteiger partial charge in [0.05, 0.1) is 13.0 Å². The number of nitrogens with zero attached hydrogens (tertiary/aromatic N) is 2. The van der Waals surface area contributed by atoms with E-state index < -0.39 is 36.0 Å². The Kier molecular flexibility index (Phi) is 4.66. The molecule has 1 rings (SSSR count). The standard InChI is InChI=1S/C11H9F3N2O2/c1-2-18-9(17)4-6-3-7(12)8(5-15)16-10(6)11(13)14/h3,11H,2,4H2,1H3. The Morgan fingerprint density at radius 3 is 2.78 bits per heavy atom. The third-order valence-corrected chi connectivity index (χ3v) is 2.04. The Morgan fingerprint density at radius 1 is 1.61 bits per heavy atom. The summed E-state index contributed by atoms with van der Waals surface area (Å²) < 4.78 is 43.2. The Balaban J connectivity index is 3.14. The fourth-order valence-electron chi connectivity index (χ4n) is 1.32. The molecule has 7 heteroatoms. The van der Waals surface area contributed by atoms with Crippen LogP contribution in [0.15, 0.2) is 6.07 Å². The molecule has 0 spiro atoms. The molecule has 1 aromatic heterocycles. The number of alkyl halides is 2. The average molecular weight is 258 g/mol. The van der Waals surface area contributed by atoms with Crippen LogP contribution < -0.4 is 0 Å². The summed E-state index contributed by atoms with van der Waals surface area (Å²) in [5.41, 5.74) is -1.78. The summed E-state index contributed by atoms with van der Waals surface area (Å²) in [6.07, 6.45) is -3.51. The van der Waals surface area contributed by atoms with Crippen molar-refractivity contribution in [1.29, 1.82) is 5.26 Å². The monoisotopic (exact) mass is 258 g/mol. The summed E-state index contributed by atoms with van der Waals surface area (Å²) in [5.74, 6) is -1.80. The molecule has 0 N–H and O–H groups in total. The first kappa shape index (κ1) is 14.0. The molecule has 4 nitrogen and oxygen atoms in total. The lowest BCUT2D eigenvalue weighted by Gasteiger charge is -2.08. The Hall–Kier alpha value is -2.10. The van der Waals surface area contributed by atoms with Crippen molar-refractivity contribution in [3.05, 3.63) is 28.8 Å². The van der Waals surface area contributed by atoms with E-state index in [1.807, 2.05) is 0 Å². The number of nitriles is 1. The van der Waals surface area contributed by atoms with Gasteiger partial charge in [0.2, 0.25) is 0 Å². The summed E-state index contributed by atoms with van der Waals surface area (Å²) in [5, 5.41) is 8.49. The molecule has 0 aliphatic heterocycles. The van der Waals surface area contributed by atoms with Crippen molar-refractivity contribution in [3.63, 3.8) is 0 Å². The van der Waals surface area contributed by atoms with Crippen LogP contribution in [-0.2, 0) is 16.0 Å². The zero-order chi connectivity index (χ0) is 13.7. The number of ether oxygens (including phenoxy) is 1. The van der Waals surface area contributed by atoms with E-state index >= 15 is 0 Å². The van der Waals surface area contributed by atoms with Crippen molar-refractivity contribution in [2.75, 3.05) is 6.61 Å². The third-order valence-electron chi connectivity index (χ3n) is 2.04. The molecule has 96 valence electrons. The molecule has 1 aromatic rings. The lowest BCUT2D eigenvalue weighted by molar-refractivity contribution is -0.142. The Morgan fingerprint density at radius 2 is 2.28 bits per heavy atom. The number of halogens is 3. The molecule has 0 aromatic carbocycles. The van der Waals surface area contributed by atoms with Crippen molar-refractivity contribution in [2.45, 2.75) is 19.8 Å². The molecule has 0 aliphatic carbocycles. The van der Waals surface area contributed by atoms with Crippen LogP contribution in [0.4, 0.5) is 13.2 Å². The highest BCUT2D eigenvalue weighted by Crippen LogP contribution is 2.23. The molecule has 0 atom stereocenters. The largest absolute Gasteiger partial charge is 0.466 e. The van der Waals surface area contributed by atoms with Gasteiger partial charge in [-0.1, -0.05) is 0 Å². The number of hydrogen-bond donors (Lipinski definition) is 0. The van der Waals surface area contributed by atoms with Crippen molar-refractivity contribution in [3.8, 4) is 6.07 Å². The van der Waals surface area contributed by atoms with Crippen LogP contribution >= 0.6 is 0 Å². The Labute approximate surface area is 101 Å². The summed E-state index contributed by atoms with van der Waals surface area (Å²) >= 11 is 0. The second-order valence-electron chi connectivity index (χ2n) is 3.26. The minimum absolute atomic E-state index is 0.0923. The molecule has 0 saturated carbocycles. The van der Waals surface area contributed by atoms with Crippen molar-refractivity contribution >= 4 is 5.97 Å². The van der Waals surface area contributed by atoms with Gasteiger partial charge in [-0.25, -0.2) is 18.2 Å². The van der Waals surface area contributed by atoms with Crippen molar-refractivity contribution in [2.24, 2.45) is 0 Å². The minimum Gasteiger partial charge on any atom is -0.466 e. The van der Waals surface area contributed by atoms with Crippen LogP contribution in [-0.4, -0.2) is 17.6 Å². The van der Waals surface area contributed by atoms with Gasteiger partial charge >= 0.3 is 5.97 Å². The highest BCUT2D eigenvalue weighted by Gasteiger charge is 2.21. The molecule has 0 saturated heterocycles. The van der Waals surface area contributed by atoms with Crippen LogP contribution in [0.5, 0.6) is 0 Å². The SMILES string of the molecule is CCOC(=O)Cc1cc(F)c(C#N)nc1C(F)F. The highest BCUT2D eigenvalue weighted by molar-refractivity contribution is 5.73. The molecular formula is C11H9F3N2O2. The first-order valence-corrected chi connectivity index (χ1v) is 5.02. The molecule has 0 amide bonds. The molecular weight excluding hydrogens is 249 g/mol. The maximum atomic E-state index is 13.2. The second-order valence-corrected chi connectivity index (χ2v) is 3.26. The molecule has 0 aliphatic rings. The number of hydrogen-bond acceptors (Lipinski definition) is 4. The third kappa shape index (κ3) is 3.20. The van der Waals surface area contributed by atoms with Crippen LogP contribution in [0.2, 0.25) is 0 Å². The predicted molar refractivity (Wildman–Crippen MR) is 54.2 cm³/mol. The Bertz CT molecular complexity index is 498. The normalized spacial score (nSPS) is 10.2. The first-order valence-electron chi connectivity index (χ1n) is 5.02. The average Bonchev–Trinajstić information content (AvgIpc) is 2.29. The van der Waals surface area contributed by atoms with Gasteiger partial charge in [-0.3, -0.25) is 4.79 Å². The second kappa shape index (κ2) is 6.00. The summed E-state index contributed by atoms with van der Waals surface area (Å²) in [4.78, 5) is 14.4. The van der Waals surface area contributed by atoms with E-state index in [4.69, 9.17) is 5.26 Å². The molecule has 0 radical (unpaired) electrons. The van der Waals surface area contributed by atoms with Gasteiger partial charge in [-0.2, -0.15) is 5.26 Å². The zero-order valence-electron chi connectivity index (χ0n) is 9.41. The quantitative estimate of drug-likeness (QED) is 0.776. The predicted octanol–water partition coefficient (Wildman–Crippen LogP) is 2.14. The van der Waals surface area contributed by atoms with E-state index in [-0.39, 0.29) is 12.2 Å². The first-order chi connectivity index (χ1) is 8.49. The van der Waals surface area contributed by atoms with Gasteiger partial charge in [0.1, 0.15) is 11.8 Å². The number of aromatic nitrogens is 1. The van der Waals surface area contributed by atoms with Crippen LogP contribution in [0.1, 0.15) is 30.3 Å². The zero-order valence-corrected chi connectivity index (χ0v) is 9.41. The van der Waals surface area contributed by atoms with Crippen molar-refractivity contribution in [1.82, 2.24) is 4.98 Å². The van der Waals surface area contributed by atoms with Crippen LogP contribution in [0.3, 0.4) is 0 Å². The maximum absolute atomic E-state index is 13.2. The molecule has 0 bridgehead atoms. The van der Waals surface area contributed by atoms with E-state index in [0.29, 0.717) is 6.07 Å². The fourth-order valence-corrected chi connectivity index (χ4v) is 1.32. The lowest BCUT2D eigenvalue weighted by Crippen LogP contribution is -2.12. The molecule has 0 unspecified atom stereocenters. The number of pyridine rings is 1. The van der Waals surface area contributed by atoms with Gasteiger partial charge in [0.15, 0.2) is 11.5 Å². The van der Waals surface area contributed by atoms with Crippen LogP contribution in [0, 0.1) is 17.1 Å². The fraction of sp³-hybridized carbons (Fsp3) is 0.364. The number of carbonyl (C=O) groups is 1. The summed E-state index contributed by atoms with van der Waals surface area (Å²) in [6.45, 7) is 1.65. The van der Waals surface area contributed by atoms with Gasteiger partial charge in [-0.05, 0) is 18.6 Å². The summed E-state index contributed by atoms with van der Waals surface area (Å²) in [7, 11) is 0. The van der Waals surface area contributed by atoms with Gasteiger partial charge in [-0.15, -0.1) is 0 Å². The van der Waals surface area contributed by atoms with Crippen LogP contribution in [0.25, 0.3) is 0 Å². The number of rotatable bonds is 4. The van der Waals surface area contributed by atoms with E-state index in [2.05, 4.69) is 9.72 Å². The minimum atomic E-state index is -3.00. The highest BCUT2D eigenvalue weighted by atomic mass is 19.3. The van der Waals surface area contributed by atoms with Gasteiger partial charge in [0, 0.05) is 0 Å². The molecule has 0 fully saturated rings. The smallest absolute Gasteiger partial charge is 0.310 e. The van der Waals surface area contributed by atoms with Crippen molar-refractivity contribution < 1.29 is 22.7 Å². The van der Waals surface area contributed by atoms with E-state index in [0.717, 1.165) is 0 Å². The van der Waals surface area contributed by atoms with Gasteiger partial charge < -0.3 is 4.74 Å². The van der Waals surface area contributed by atoms with Gasteiger partial charge in [0.25, 0.3) is 6.43 Å². The maximum Gasteiger partial charge on any atom is 0.310 e. The summed E-state index contributed by atoms with van der Waals surface area (Å²) in [6, 6.07) is 2.07. The number of carbonyl (C=O) groups excluding carboxylic acids is 1. The lowest BCUT2D eigenvalue weighted by atomic mass is 10.1. The molecule has 1 heterocycles. The number of esters is 1. The van der Waals surface area contributed by atoms with E-state index in [1.165, 1.54) is 6.07 Å². The topological polar surface area (TPSA) is 63.0 Å². The van der Waals surface area contributed by atoms with E-state index in [1.54, 1.807) is 6.92 Å².